The first-order chi connectivity index (χ1) is 18.0. The van der Waals surface area contributed by atoms with E-state index in [4.69, 9.17) is 0 Å². The molecule has 2 aliphatic heterocycles. The predicted octanol–water partition coefficient (Wildman–Crippen LogP) is 4.57. The first-order valence-corrected chi connectivity index (χ1v) is 14.3. The molecule has 0 spiro atoms. The summed E-state index contributed by atoms with van der Waals surface area (Å²) in [7, 11) is -3.04. The van der Waals surface area contributed by atoms with Crippen molar-refractivity contribution in [2.24, 2.45) is 0 Å². The number of benzene rings is 4. The van der Waals surface area contributed by atoms with Crippen molar-refractivity contribution in [3.05, 3.63) is 109 Å². The van der Waals surface area contributed by atoms with E-state index >= 15 is 0 Å². The van der Waals surface area contributed by atoms with Gasteiger partial charge < -0.3 is 10.0 Å². The van der Waals surface area contributed by atoms with Gasteiger partial charge in [-0.3, -0.25) is 4.90 Å². The molecule has 2 aliphatic rings. The molecule has 0 amide bonds. The number of nitrogens with zero attached hydrogens (tertiary/aromatic N) is 3. The van der Waals surface area contributed by atoms with E-state index in [1.807, 2.05) is 18.2 Å². The van der Waals surface area contributed by atoms with Crippen LogP contribution in [0.15, 0.2) is 103 Å². The minimum Gasteiger partial charge on any atom is -0.508 e. The molecule has 1 N–H and O–H groups in total. The largest absolute Gasteiger partial charge is 0.508 e. The van der Waals surface area contributed by atoms with Crippen LogP contribution < -0.4 is 4.90 Å². The number of hydrogen-bond acceptors (Lipinski definition) is 5. The van der Waals surface area contributed by atoms with Crippen molar-refractivity contribution in [2.45, 2.75) is 12.5 Å². The van der Waals surface area contributed by atoms with Crippen LogP contribution >= 0.6 is 0 Å². The molecule has 4 aromatic carbocycles. The number of phenolic OH excluding ortho intramolecular Hbond substituents is 1. The maximum atomic E-state index is 11.9. The zero-order chi connectivity index (χ0) is 25.7. The zero-order valence-corrected chi connectivity index (χ0v) is 21.7. The second kappa shape index (κ2) is 11.3. The van der Waals surface area contributed by atoms with E-state index in [1.165, 1.54) is 16.5 Å². The lowest BCUT2D eigenvalue weighted by atomic mass is 10.0. The maximum Gasteiger partial charge on any atom is 0.229 e. The second-order valence-electron chi connectivity index (χ2n) is 9.62. The van der Waals surface area contributed by atoms with E-state index in [1.54, 1.807) is 16.4 Å². The van der Waals surface area contributed by atoms with Gasteiger partial charge in [-0.15, -0.1) is 0 Å². The molecular formula is C30H33N3O3S. The van der Waals surface area contributed by atoms with E-state index in [0.29, 0.717) is 6.42 Å². The average molecular weight is 516 g/mol. The Morgan fingerprint density at radius 1 is 0.703 bits per heavy atom. The monoisotopic (exact) mass is 515 g/mol. The first kappa shape index (κ1) is 25.3. The highest BCUT2D eigenvalue weighted by Gasteiger charge is 2.46. The molecule has 0 aliphatic carbocycles. The van der Waals surface area contributed by atoms with E-state index in [9.17, 15) is 13.5 Å². The van der Waals surface area contributed by atoms with Gasteiger partial charge in [0.1, 0.15) is 11.6 Å². The molecule has 4 aromatic rings. The van der Waals surface area contributed by atoms with Crippen LogP contribution in [0.25, 0.3) is 10.8 Å². The maximum absolute atomic E-state index is 11.9. The molecule has 6 nitrogen and oxygen atoms in total. The molecular weight excluding hydrogens is 482 g/mol. The highest BCUT2D eigenvalue weighted by Crippen LogP contribution is 2.27. The summed E-state index contributed by atoms with van der Waals surface area (Å²) in [6.45, 7) is 4.48. The van der Waals surface area contributed by atoms with Crippen molar-refractivity contribution in [1.82, 2.24) is 9.21 Å². The third-order valence-electron chi connectivity index (χ3n) is 7.01. The molecule has 0 aromatic heterocycles. The van der Waals surface area contributed by atoms with Crippen molar-refractivity contribution in [1.29, 1.82) is 0 Å². The van der Waals surface area contributed by atoms with Crippen molar-refractivity contribution >= 4 is 26.5 Å². The Kier molecular flexibility index (Phi) is 7.74. The summed E-state index contributed by atoms with van der Waals surface area (Å²) >= 11 is 0. The molecule has 0 saturated carbocycles. The summed E-state index contributed by atoms with van der Waals surface area (Å²) in [6, 6.07) is 34.1. The van der Waals surface area contributed by atoms with Gasteiger partial charge in [-0.05, 0) is 47.0 Å². The molecule has 2 saturated heterocycles. The lowest BCUT2D eigenvalue weighted by Gasteiger charge is -2.37. The fourth-order valence-corrected chi connectivity index (χ4v) is 6.23. The fraction of sp³-hybridized carbons (Fsp3) is 0.267. The number of sulfonamides is 1. The summed E-state index contributed by atoms with van der Waals surface area (Å²) in [5, 5.41) is 12.1. The van der Waals surface area contributed by atoms with E-state index in [2.05, 4.69) is 82.6 Å². The average Bonchev–Trinajstić information content (AvgIpc) is 3.58. The van der Waals surface area contributed by atoms with Crippen molar-refractivity contribution < 1.29 is 13.5 Å². The van der Waals surface area contributed by atoms with Crippen LogP contribution in [0.3, 0.4) is 0 Å². The molecule has 2 fully saturated rings. The molecule has 37 heavy (non-hydrogen) atoms. The van der Waals surface area contributed by atoms with Gasteiger partial charge in [0.25, 0.3) is 0 Å². The topological polar surface area (TPSA) is 63.9 Å². The Morgan fingerprint density at radius 2 is 1.22 bits per heavy atom. The Hall–Kier alpha value is -3.39. The predicted molar refractivity (Wildman–Crippen MR) is 150 cm³/mol. The first-order valence-electron chi connectivity index (χ1n) is 12.7. The van der Waals surface area contributed by atoms with Crippen LogP contribution in [0.5, 0.6) is 5.75 Å². The molecule has 0 bridgehead atoms. The van der Waals surface area contributed by atoms with Gasteiger partial charge >= 0.3 is 0 Å². The number of piperazine rings is 1. The number of fused-ring (bicyclic) bond motifs is 1. The minimum atomic E-state index is -3.04. The van der Waals surface area contributed by atoms with E-state index in [-0.39, 0.29) is 17.7 Å². The van der Waals surface area contributed by atoms with Crippen molar-refractivity contribution in [3.63, 3.8) is 0 Å². The standard InChI is InChI=1S/C20H25N3O3S.C10H8/c24-20-8-6-17(7-9-20)14-19(23-16-27(23,25)26)15-21-10-12-22(13-11-21)18-4-2-1-3-5-18;1-2-6-10-8-4-3-7-9(10)5-1/h1-9,19,24H,10-16H2;1-8H. The van der Waals surface area contributed by atoms with Gasteiger partial charge in [0.15, 0.2) is 0 Å². The molecule has 2 atom stereocenters. The lowest BCUT2D eigenvalue weighted by molar-refractivity contribution is 0.212. The fourth-order valence-electron chi connectivity index (χ4n) is 4.89. The summed E-state index contributed by atoms with van der Waals surface area (Å²) in [6.07, 6.45) is 0.665. The number of phenols is 1. The van der Waals surface area contributed by atoms with Gasteiger partial charge in [0.05, 0.1) is 0 Å². The summed E-state index contributed by atoms with van der Waals surface area (Å²) in [5.41, 5.74) is 2.29. The number of anilines is 1. The van der Waals surface area contributed by atoms with Gasteiger partial charge in [-0.2, -0.15) is 4.31 Å². The minimum absolute atomic E-state index is 0.0529. The highest BCUT2D eigenvalue weighted by atomic mass is 32.2. The molecule has 6 rings (SSSR count). The normalized spacial score (nSPS) is 19.6. The number of aromatic hydroxyl groups is 1. The number of rotatable bonds is 6. The van der Waals surface area contributed by atoms with Crippen LogP contribution in [0.2, 0.25) is 0 Å². The molecule has 2 heterocycles. The van der Waals surface area contributed by atoms with Gasteiger partial charge in [-0.25, -0.2) is 8.42 Å². The van der Waals surface area contributed by atoms with Crippen LogP contribution in [0.4, 0.5) is 5.69 Å². The van der Waals surface area contributed by atoms with Crippen LogP contribution in [-0.4, -0.2) is 67.4 Å². The van der Waals surface area contributed by atoms with Crippen LogP contribution in [-0.2, 0) is 16.4 Å². The third-order valence-corrected chi connectivity index (χ3v) is 8.46. The Labute approximate surface area is 219 Å². The van der Waals surface area contributed by atoms with Crippen LogP contribution in [0, 0.1) is 0 Å². The molecule has 7 heteroatoms. The SMILES string of the molecule is O=S1(=O)CN1C(Cc1ccc(O)cc1)CN1CCN(c2ccccc2)CC1.c1ccc2ccccc2c1. The van der Waals surface area contributed by atoms with Crippen molar-refractivity contribution in [3.8, 4) is 5.75 Å². The lowest BCUT2D eigenvalue weighted by Crippen LogP contribution is -2.50. The highest BCUT2D eigenvalue weighted by molar-refractivity contribution is 7.95. The van der Waals surface area contributed by atoms with Gasteiger partial charge in [0, 0.05) is 44.5 Å². The molecule has 2 unspecified atom stereocenters. The second-order valence-corrected chi connectivity index (χ2v) is 11.5. The van der Waals surface area contributed by atoms with Crippen molar-refractivity contribution in [2.75, 3.05) is 43.5 Å². The molecule has 192 valence electrons. The summed E-state index contributed by atoms with van der Waals surface area (Å²) < 4.78 is 25.4. The van der Waals surface area contributed by atoms with E-state index < -0.39 is 10.0 Å². The number of para-hydroxylation sites is 1. The Morgan fingerprint density at radius 3 is 1.73 bits per heavy atom. The summed E-state index contributed by atoms with van der Waals surface area (Å²) in [5.74, 6) is 0.381. The van der Waals surface area contributed by atoms with E-state index in [0.717, 1.165) is 38.3 Å². The van der Waals surface area contributed by atoms with Gasteiger partial charge in [-0.1, -0.05) is 78.9 Å². The smallest absolute Gasteiger partial charge is 0.229 e. The number of hydrogen-bond donors (Lipinski definition) is 1. The Balaban J connectivity index is 0.000000233. The summed E-state index contributed by atoms with van der Waals surface area (Å²) in [4.78, 5) is 4.73. The van der Waals surface area contributed by atoms with Crippen LogP contribution in [0.1, 0.15) is 5.56 Å². The zero-order valence-electron chi connectivity index (χ0n) is 20.9. The quantitative estimate of drug-likeness (QED) is 0.381. The Bertz CT molecular complexity index is 1340. The molecule has 0 radical (unpaired) electrons. The van der Waals surface area contributed by atoms with Gasteiger partial charge in [0.2, 0.25) is 10.0 Å². The third kappa shape index (κ3) is 6.68.